The van der Waals surface area contributed by atoms with Gasteiger partial charge in [-0.3, -0.25) is 0 Å². The molecule has 7 heteroatoms. The predicted molar refractivity (Wildman–Crippen MR) is 341 cm³/mol. The van der Waals surface area contributed by atoms with Gasteiger partial charge in [0.1, 0.15) is 0 Å². The Morgan fingerprint density at radius 1 is 0.238 bits per heavy atom. The van der Waals surface area contributed by atoms with E-state index >= 15 is 0 Å². The number of rotatable bonds is 10. The highest BCUT2D eigenvalue weighted by molar-refractivity contribution is 6.13. The average molecular weight is 1070 g/mol. The van der Waals surface area contributed by atoms with Crippen LogP contribution in [0, 0.1) is 22.7 Å². The Balaban J connectivity index is 1.01. The van der Waals surface area contributed by atoms with Gasteiger partial charge in [-0.2, -0.15) is 10.5 Å². The van der Waals surface area contributed by atoms with Crippen LogP contribution in [-0.4, -0.2) is 24.1 Å². The third kappa shape index (κ3) is 8.74. The first-order valence-electron chi connectivity index (χ1n) is 27.9. The molecule has 15 rings (SSSR count). The van der Waals surface area contributed by atoms with Crippen molar-refractivity contribution in [3.05, 3.63) is 296 Å². The second kappa shape index (κ2) is 20.7. The molecule has 0 aliphatic rings. The second-order valence-corrected chi connectivity index (χ2v) is 21.0. The van der Waals surface area contributed by atoms with Gasteiger partial charge in [-0.1, -0.05) is 194 Å². The van der Waals surface area contributed by atoms with Crippen LogP contribution in [0.15, 0.2) is 285 Å². The summed E-state index contributed by atoms with van der Waals surface area (Å²) in [5, 5.41) is 25.2. The average Bonchev–Trinajstić information content (AvgIpc) is 2.53. The van der Waals surface area contributed by atoms with Gasteiger partial charge < -0.3 is 9.13 Å². The van der Waals surface area contributed by atoms with Crippen molar-refractivity contribution in [2.75, 3.05) is 0 Å². The molecule has 3 heterocycles. The van der Waals surface area contributed by atoms with Gasteiger partial charge in [0.25, 0.3) is 0 Å². The zero-order chi connectivity index (χ0) is 56.1. The summed E-state index contributed by atoms with van der Waals surface area (Å²) in [6, 6.07) is 103. The van der Waals surface area contributed by atoms with E-state index < -0.39 is 0 Å². The van der Waals surface area contributed by atoms with Crippen LogP contribution in [0.1, 0.15) is 11.1 Å². The summed E-state index contributed by atoms with van der Waals surface area (Å²) in [5.41, 5.74) is 19.6. The fourth-order valence-electron chi connectivity index (χ4n) is 12.0. The minimum Gasteiger partial charge on any atom is -0.308 e. The summed E-state index contributed by atoms with van der Waals surface area (Å²) in [5.74, 6) is 1.29. The third-order valence-electron chi connectivity index (χ3n) is 16.0. The highest BCUT2D eigenvalue weighted by atomic mass is 15.1. The summed E-state index contributed by atoms with van der Waals surface area (Å²) >= 11 is 0. The third-order valence-corrected chi connectivity index (χ3v) is 16.0. The SMILES string of the molecule is N#Cc1cccc(-c2ccc(-n3c4ccc(-c5ccccc5)cc4c4cc(-c5ccccc5)ccc43)c(-c3nc(-c4ccccc4)nc(-c4cc(C#N)ccc4-n4c5ccc(-c6ccccc6)cc5c5cc(-c6ccccc6)ccc54)n3)c2)c1. The monoisotopic (exact) mass is 1070 g/mol. The standard InChI is InChI=1S/C77H47N7/c78-48-50-17-16-28-57(41-50)62-34-40-74(84-71-38-32-60(54-22-10-3-11-23-54)45-65(71)66-46-61(33-39-72(66)84)55-24-12-4-13-25-55)68(47-62)77-81-75(56-26-14-5-15-27-56)80-76(82-77)67-42-51(49-79)29-35-73(67)83-69-36-30-58(52-18-6-1-7-19-52)43-63(69)64-44-59(31-37-70(64)83)53-20-8-2-9-21-53/h1-47H. The van der Waals surface area contributed by atoms with Gasteiger partial charge in [-0.25, -0.2) is 15.0 Å². The molecule has 0 aliphatic heterocycles. The Labute approximate surface area is 485 Å². The highest BCUT2D eigenvalue weighted by Gasteiger charge is 2.25. The number of nitriles is 2. The molecule has 84 heavy (non-hydrogen) atoms. The van der Waals surface area contributed by atoms with Crippen molar-refractivity contribution in [2.24, 2.45) is 0 Å². The molecule has 390 valence electrons. The topological polar surface area (TPSA) is 96.1 Å². The van der Waals surface area contributed by atoms with Crippen LogP contribution in [0.3, 0.4) is 0 Å². The molecule has 0 spiro atoms. The van der Waals surface area contributed by atoms with Crippen molar-refractivity contribution in [3.8, 4) is 113 Å². The molecule has 15 aromatic rings. The molecule has 12 aromatic carbocycles. The van der Waals surface area contributed by atoms with Gasteiger partial charge in [0.15, 0.2) is 17.5 Å². The zero-order valence-corrected chi connectivity index (χ0v) is 45.3. The van der Waals surface area contributed by atoms with Crippen LogP contribution >= 0.6 is 0 Å². The molecular weight excluding hydrogens is 1020 g/mol. The molecule has 0 atom stereocenters. The molecule has 0 aliphatic carbocycles. The van der Waals surface area contributed by atoms with Crippen molar-refractivity contribution >= 4 is 43.6 Å². The Hall–Kier alpha value is -11.8. The first kappa shape index (κ1) is 49.3. The Morgan fingerprint density at radius 2 is 0.548 bits per heavy atom. The summed E-state index contributed by atoms with van der Waals surface area (Å²) in [4.78, 5) is 16.5. The smallest absolute Gasteiger partial charge is 0.166 e. The number of nitrogens with zero attached hydrogens (tertiary/aromatic N) is 7. The molecule has 0 saturated heterocycles. The maximum absolute atomic E-state index is 10.7. The van der Waals surface area contributed by atoms with Gasteiger partial charge in [-0.05, 0) is 147 Å². The fraction of sp³-hybridized carbons (Fsp3) is 0. The van der Waals surface area contributed by atoms with E-state index in [1.54, 1.807) is 0 Å². The van der Waals surface area contributed by atoms with E-state index in [2.05, 4.69) is 209 Å². The fourth-order valence-corrected chi connectivity index (χ4v) is 12.0. The van der Waals surface area contributed by atoms with Gasteiger partial charge in [0, 0.05) is 38.2 Å². The molecule has 0 unspecified atom stereocenters. The summed E-state index contributed by atoms with van der Waals surface area (Å²) in [7, 11) is 0. The number of aromatic nitrogens is 5. The lowest BCUT2D eigenvalue weighted by atomic mass is 9.99. The highest BCUT2D eigenvalue weighted by Crippen LogP contribution is 2.43. The zero-order valence-electron chi connectivity index (χ0n) is 45.3. The molecule has 0 amide bonds. The molecule has 0 bridgehead atoms. The van der Waals surface area contributed by atoms with Crippen LogP contribution in [0.5, 0.6) is 0 Å². The Morgan fingerprint density at radius 3 is 0.952 bits per heavy atom. The molecule has 0 fully saturated rings. The van der Waals surface area contributed by atoms with Crippen LogP contribution in [-0.2, 0) is 0 Å². The molecular formula is C77H47N7. The summed E-state index contributed by atoms with van der Waals surface area (Å²) in [6.07, 6.45) is 0. The first-order valence-corrected chi connectivity index (χ1v) is 27.9. The first-order chi connectivity index (χ1) is 41.5. The van der Waals surface area contributed by atoms with E-state index in [-0.39, 0.29) is 0 Å². The van der Waals surface area contributed by atoms with E-state index in [4.69, 9.17) is 15.0 Å². The van der Waals surface area contributed by atoms with Crippen molar-refractivity contribution in [3.63, 3.8) is 0 Å². The van der Waals surface area contributed by atoms with Gasteiger partial charge in [-0.15, -0.1) is 0 Å². The van der Waals surface area contributed by atoms with Crippen molar-refractivity contribution in [1.29, 1.82) is 10.5 Å². The normalized spacial score (nSPS) is 11.3. The number of benzene rings is 12. The second-order valence-electron chi connectivity index (χ2n) is 21.0. The Bertz CT molecular complexity index is 4940. The van der Waals surface area contributed by atoms with Crippen LogP contribution < -0.4 is 0 Å². The van der Waals surface area contributed by atoms with E-state index in [1.807, 2.05) is 97.1 Å². The van der Waals surface area contributed by atoms with Gasteiger partial charge in [0.2, 0.25) is 0 Å². The quantitative estimate of drug-likeness (QED) is 0.136. The largest absolute Gasteiger partial charge is 0.308 e. The molecule has 0 saturated carbocycles. The van der Waals surface area contributed by atoms with Crippen LogP contribution in [0.25, 0.3) is 145 Å². The maximum atomic E-state index is 10.7. The van der Waals surface area contributed by atoms with Crippen molar-refractivity contribution in [2.45, 2.75) is 0 Å². The molecule has 0 radical (unpaired) electrons. The summed E-state index contributed by atoms with van der Waals surface area (Å²) < 4.78 is 4.62. The maximum Gasteiger partial charge on any atom is 0.166 e. The van der Waals surface area contributed by atoms with E-state index in [1.165, 1.54) is 0 Å². The predicted octanol–water partition coefficient (Wildman–Crippen LogP) is 19.1. The number of hydrogen-bond acceptors (Lipinski definition) is 5. The lowest BCUT2D eigenvalue weighted by Gasteiger charge is -2.18. The minimum absolute atomic E-state index is 0.396. The van der Waals surface area contributed by atoms with Gasteiger partial charge >= 0.3 is 0 Å². The number of fused-ring (bicyclic) bond motifs is 6. The van der Waals surface area contributed by atoms with E-state index in [9.17, 15) is 10.5 Å². The van der Waals surface area contributed by atoms with Crippen LogP contribution in [0.2, 0.25) is 0 Å². The Kier molecular flexibility index (Phi) is 12.2. The molecule has 0 N–H and O–H groups in total. The van der Waals surface area contributed by atoms with Crippen LogP contribution in [0.4, 0.5) is 0 Å². The molecule has 3 aromatic heterocycles. The lowest BCUT2D eigenvalue weighted by Crippen LogP contribution is -2.06. The van der Waals surface area contributed by atoms with Crippen molar-refractivity contribution in [1.82, 2.24) is 24.1 Å². The van der Waals surface area contributed by atoms with Crippen molar-refractivity contribution < 1.29 is 0 Å². The van der Waals surface area contributed by atoms with E-state index in [0.29, 0.717) is 34.2 Å². The van der Waals surface area contributed by atoms with E-state index in [0.717, 1.165) is 122 Å². The minimum atomic E-state index is 0.396. The number of hydrogen-bond donors (Lipinski definition) is 0. The summed E-state index contributed by atoms with van der Waals surface area (Å²) in [6.45, 7) is 0. The van der Waals surface area contributed by atoms with Gasteiger partial charge in [0.05, 0.1) is 56.7 Å². The molecule has 7 nitrogen and oxygen atoms in total. The lowest BCUT2D eigenvalue weighted by molar-refractivity contribution is 1.06.